The van der Waals surface area contributed by atoms with Gasteiger partial charge in [-0.15, -0.1) is 0 Å². The van der Waals surface area contributed by atoms with E-state index < -0.39 is 15.6 Å². The van der Waals surface area contributed by atoms with Gasteiger partial charge in [-0.1, -0.05) is 0 Å². The average Bonchev–Trinajstić information content (AvgIpc) is 2.20. The first-order chi connectivity index (χ1) is 7.86. The third-order valence-corrected chi connectivity index (χ3v) is 5.02. The molecule has 0 saturated carbocycles. The van der Waals surface area contributed by atoms with Crippen LogP contribution in [0, 0.1) is 0 Å². The molecule has 0 aliphatic carbocycles. The molecule has 0 spiro atoms. The minimum atomic E-state index is -2.85. The summed E-state index contributed by atoms with van der Waals surface area (Å²) in [5.41, 5.74) is 0. The molecule has 0 aromatic heterocycles. The Kier molecular flexibility index (Phi) is 3.77. The van der Waals surface area contributed by atoms with Gasteiger partial charge in [0.2, 0.25) is 0 Å². The van der Waals surface area contributed by atoms with E-state index in [0.717, 1.165) is 12.8 Å². The lowest BCUT2D eigenvalue weighted by atomic mass is 10.1. The lowest BCUT2D eigenvalue weighted by Crippen LogP contribution is -2.53. The molecule has 2 saturated heterocycles. The van der Waals surface area contributed by atoms with Crippen molar-refractivity contribution in [1.82, 2.24) is 5.32 Å². The quantitative estimate of drug-likeness (QED) is 0.776. The highest BCUT2D eigenvalue weighted by atomic mass is 32.2. The van der Waals surface area contributed by atoms with Gasteiger partial charge in [0.05, 0.1) is 30.8 Å². The van der Waals surface area contributed by atoms with Gasteiger partial charge in [0.1, 0.15) is 0 Å². The van der Waals surface area contributed by atoms with Crippen LogP contribution in [0.15, 0.2) is 0 Å². The molecule has 1 unspecified atom stereocenters. The maximum absolute atomic E-state index is 11.5. The second-order valence-electron chi connectivity index (χ2n) is 5.34. The van der Waals surface area contributed by atoms with E-state index in [1.54, 1.807) is 0 Å². The minimum Gasteiger partial charge on any atom is -0.349 e. The molecule has 2 rings (SSSR count). The summed E-state index contributed by atoms with van der Waals surface area (Å²) in [4.78, 5) is 0. The predicted octanol–water partition coefficient (Wildman–Crippen LogP) is 0.305. The largest absolute Gasteiger partial charge is 0.349 e. The van der Waals surface area contributed by atoms with Gasteiger partial charge >= 0.3 is 0 Å². The average molecular weight is 263 g/mol. The van der Waals surface area contributed by atoms with E-state index in [1.165, 1.54) is 0 Å². The van der Waals surface area contributed by atoms with Gasteiger partial charge in [-0.05, 0) is 26.7 Å². The van der Waals surface area contributed by atoms with Gasteiger partial charge in [-0.25, -0.2) is 8.42 Å². The molecule has 0 bridgehead atoms. The highest BCUT2D eigenvalue weighted by Gasteiger charge is 2.31. The minimum absolute atomic E-state index is 0.0483. The SMILES string of the molecule is CC1(C)OCC(NC2CCCS(=O)(=O)C2)CO1. The van der Waals surface area contributed by atoms with Gasteiger partial charge in [0, 0.05) is 6.04 Å². The Hall–Kier alpha value is -0.170. The molecule has 17 heavy (non-hydrogen) atoms. The zero-order valence-corrected chi connectivity index (χ0v) is 11.3. The lowest BCUT2D eigenvalue weighted by Gasteiger charge is -2.37. The molecule has 0 radical (unpaired) electrons. The number of rotatable bonds is 2. The zero-order valence-electron chi connectivity index (χ0n) is 10.4. The van der Waals surface area contributed by atoms with Crippen molar-refractivity contribution in [3.05, 3.63) is 0 Å². The van der Waals surface area contributed by atoms with Crippen LogP contribution < -0.4 is 5.32 Å². The first-order valence-corrected chi connectivity index (χ1v) is 7.93. The Morgan fingerprint density at radius 3 is 2.41 bits per heavy atom. The van der Waals surface area contributed by atoms with Crippen molar-refractivity contribution < 1.29 is 17.9 Å². The molecule has 0 aromatic rings. The van der Waals surface area contributed by atoms with Crippen molar-refractivity contribution in [2.45, 2.75) is 44.6 Å². The first-order valence-electron chi connectivity index (χ1n) is 6.11. The second-order valence-corrected chi connectivity index (χ2v) is 7.57. The Bertz CT molecular complexity index is 356. The van der Waals surface area contributed by atoms with Gasteiger partial charge in [0.25, 0.3) is 0 Å². The van der Waals surface area contributed by atoms with E-state index in [9.17, 15) is 8.42 Å². The summed E-state index contributed by atoms with van der Waals surface area (Å²) in [7, 11) is -2.85. The normalized spacial score (nSPS) is 33.4. The molecule has 1 atom stereocenters. The smallest absolute Gasteiger partial charge is 0.162 e. The molecule has 100 valence electrons. The third kappa shape index (κ3) is 3.91. The summed E-state index contributed by atoms with van der Waals surface area (Å²) in [6.45, 7) is 4.91. The molecule has 6 heteroatoms. The van der Waals surface area contributed by atoms with Crippen LogP contribution in [0.4, 0.5) is 0 Å². The van der Waals surface area contributed by atoms with Gasteiger partial charge < -0.3 is 14.8 Å². The number of sulfone groups is 1. The molecule has 2 fully saturated rings. The summed E-state index contributed by atoms with van der Waals surface area (Å²) >= 11 is 0. The highest BCUT2D eigenvalue weighted by molar-refractivity contribution is 7.91. The summed E-state index contributed by atoms with van der Waals surface area (Å²) < 4.78 is 34.1. The Labute approximate surface area is 103 Å². The van der Waals surface area contributed by atoms with Crippen LogP contribution in [-0.4, -0.2) is 51.0 Å². The van der Waals surface area contributed by atoms with E-state index in [-0.39, 0.29) is 17.8 Å². The fourth-order valence-corrected chi connectivity index (χ4v) is 3.93. The molecular formula is C11H21NO4S. The Balaban J connectivity index is 1.82. The van der Waals surface area contributed by atoms with Gasteiger partial charge in [-0.3, -0.25) is 0 Å². The van der Waals surface area contributed by atoms with Crippen LogP contribution in [0.1, 0.15) is 26.7 Å². The number of hydrogen-bond acceptors (Lipinski definition) is 5. The van der Waals surface area contributed by atoms with E-state index in [1.807, 2.05) is 13.8 Å². The topological polar surface area (TPSA) is 64.6 Å². The van der Waals surface area contributed by atoms with Crippen LogP contribution in [0.3, 0.4) is 0 Å². The van der Waals surface area contributed by atoms with Crippen molar-refractivity contribution in [3.8, 4) is 0 Å². The molecule has 2 aliphatic heterocycles. The molecule has 2 heterocycles. The Morgan fingerprint density at radius 2 is 1.82 bits per heavy atom. The van der Waals surface area contributed by atoms with Crippen molar-refractivity contribution >= 4 is 9.84 Å². The van der Waals surface area contributed by atoms with Crippen molar-refractivity contribution in [1.29, 1.82) is 0 Å². The van der Waals surface area contributed by atoms with Crippen LogP contribution in [0.5, 0.6) is 0 Å². The van der Waals surface area contributed by atoms with Crippen LogP contribution >= 0.6 is 0 Å². The van der Waals surface area contributed by atoms with Crippen molar-refractivity contribution in [3.63, 3.8) is 0 Å². The zero-order chi connectivity index (χ0) is 12.5. The van der Waals surface area contributed by atoms with E-state index >= 15 is 0 Å². The fraction of sp³-hybridized carbons (Fsp3) is 1.00. The number of ether oxygens (including phenoxy) is 2. The molecule has 1 N–H and O–H groups in total. The summed E-state index contributed by atoms with van der Waals surface area (Å²) in [6.07, 6.45) is 1.67. The summed E-state index contributed by atoms with van der Waals surface area (Å²) in [5, 5.41) is 3.32. The van der Waals surface area contributed by atoms with Crippen LogP contribution in [0.2, 0.25) is 0 Å². The van der Waals surface area contributed by atoms with Gasteiger partial charge in [0.15, 0.2) is 15.6 Å². The predicted molar refractivity (Wildman–Crippen MR) is 64.6 cm³/mol. The molecule has 0 aromatic carbocycles. The standard InChI is InChI=1S/C11H21NO4S/c1-11(2)15-6-10(7-16-11)12-9-4-3-5-17(13,14)8-9/h9-10,12H,3-8H2,1-2H3. The number of hydrogen-bond donors (Lipinski definition) is 1. The molecular weight excluding hydrogens is 242 g/mol. The lowest BCUT2D eigenvalue weighted by molar-refractivity contribution is -0.253. The third-order valence-electron chi connectivity index (χ3n) is 3.20. The van der Waals surface area contributed by atoms with E-state index in [2.05, 4.69) is 5.32 Å². The van der Waals surface area contributed by atoms with Crippen molar-refractivity contribution in [2.24, 2.45) is 0 Å². The summed E-state index contributed by atoms with van der Waals surface area (Å²) in [6, 6.07) is 0.147. The maximum Gasteiger partial charge on any atom is 0.162 e. The monoisotopic (exact) mass is 263 g/mol. The van der Waals surface area contributed by atoms with Crippen molar-refractivity contribution in [2.75, 3.05) is 24.7 Å². The molecule has 0 amide bonds. The second kappa shape index (κ2) is 4.84. The first kappa shape index (κ1) is 13.3. The van der Waals surface area contributed by atoms with Crippen LogP contribution in [0.25, 0.3) is 0 Å². The van der Waals surface area contributed by atoms with Crippen LogP contribution in [-0.2, 0) is 19.3 Å². The molecule has 2 aliphatic rings. The fourth-order valence-electron chi connectivity index (χ4n) is 2.28. The van der Waals surface area contributed by atoms with E-state index in [4.69, 9.17) is 9.47 Å². The summed E-state index contributed by atoms with van der Waals surface area (Å²) in [5.74, 6) is 0.0552. The Morgan fingerprint density at radius 1 is 1.18 bits per heavy atom. The number of nitrogens with one attached hydrogen (secondary N) is 1. The maximum atomic E-state index is 11.5. The highest BCUT2D eigenvalue weighted by Crippen LogP contribution is 2.19. The van der Waals surface area contributed by atoms with Gasteiger partial charge in [-0.2, -0.15) is 0 Å². The molecule has 5 nitrogen and oxygen atoms in total. The van der Waals surface area contributed by atoms with E-state index in [0.29, 0.717) is 19.0 Å².